The minimum absolute atomic E-state index is 0.597. The molecule has 19 heavy (non-hydrogen) atoms. The topological polar surface area (TPSA) is 72.1 Å². The molecule has 0 aliphatic carbocycles. The molecule has 7 nitrogen and oxygen atoms in total. The molecule has 0 aliphatic heterocycles. The van der Waals surface area contributed by atoms with E-state index in [0.29, 0.717) is 5.78 Å². The van der Waals surface area contributed by atoms with Gasteiger partial charge in [-0.25, -0.2) is 4.98 Å². The highest BCUT2D eigenvalue weighted by atomic mass is 32.2. The molecule has 0 aliphatic rings. The third-order valence-electron chi connectivity index (χ3n) is 2.32. The lowest BCUT2D eigenvalue weighted by Gasteiger charge is -2.04. The Labute approximate surface area is 117 Å². The number of hydrogen-bond acceptors (Lipinski definition) is 8. The predicted molar refractivity (Wildman–Crippen MR) is 73.9 cm³/mol. The van der Waals surface area contributed by atoms with Crippen LogP contribution >= 0.6 is 23.1 Å². The molecule has 3 aromatic heterocycles. The van der Waals surface area contributed by atoms with Crippen LogP contribution in [0.1, 0.15) is 5.69 Å². The van der Waals surface area contributed by atoms with E-state index in [1.807, 2.05) is 32.0 Å². The summed E-state index contributed by atoms with van der Waals surface area (Å²) in [6, 6.07) is 1.96. The third-order valence-corrected chi connectivity index (χ3v) is 4.46. The number of aryl methyl sites for hydroxylation is 1. The average Bonchev–Trinajstić information content (AvgIpc) is 2.96. The van der Waals surface area contributed by atoms with E-state index in [4.69, 9.17) is 0 Å². The van der Waals surface area contributed by atoms with Gasteiger partial charge in [0.1, 0.15) is 11.4 Å². The van der Waals surface area contributed by atoms with Crippen LogP contribution in [0.3, 0.4) is 0 Å². The summed E-state index contributed by atoms with van der Waals surface area (Å²) in [6.07, 6.45) is 1.50. The molecule has 0 fully saturated rings. The molecule has 0 bridgehead atoms. The fourth-order valence-corrected chi connectivity index (χ4v) is 3.34. The summed E-state index contributed by atoms with van der Waals surface area (Å²) in [5.74, 6) is 0.597. The lowest BCUT2D eigenvalue weighted by atomic mass is 10.5. The summed E-state index contributed by atoms with van der Waals surface area (Å²) >= 11 is 3.05. The highest BCUT2D eigenvalue weighted by Gasteiger charge is 2.11. The summed E-state index contributed by atoms with van der Waals surface area (Å²) in [4.78, 5) is 10.3. The van der Waals surface area contributed by atoms with Crippen molar-refractivity contribution in [2.45, 2.75) is 16.3 Å². The molecule has 0 saturated heterocycles. The van der Waals surface area contributed by atoms with Gasteiger partial charge in [-0.2, -0.15) is 14.6 Å². The van der Waals surface area contributed by atoms with Crippen molar-refractivity contribution in [3.8, 4) is 0 Å². The van der Waals surface area contributed by atoms with Gasteiger partial charge in [0.15, 0.2) is 4.34 Å². The van der Waals surface area contributed by atoms with E-state index in [2.05, 4.69) is 25.3 Å². The highest BCUT2D eigenvalue weighted by molar-refractivity contribution is 8.01. The third kappa shape index (κ3) is 2.38. The van der Waals surface area contributed by atoms with Gasteiger partial charge in [0.05, 0.1) is 0 Å². The smallest absolute Gasteiger partial charge is 0.253 e. The molecule has 9 heteroatoms. The standard InChI is InChI=1S/C10H11N7S2/c1-6-4-7(17-8(13-6)11-5-12-17)18-10-15-14-9(19-10)16(2)3/h4-5H,1-3H3. The van der Waals surface area contributed by atoms with E-state index in [0.717, 1.165) is 20.2 Å². The van der Waals surface area contributed by atoms with Gasteiger partial charge in [0.2, 0.25) is 5.13 Å². The second-order valence-electron chi connectivity index (χ2n) is 4.05. The molecule has 0 atom stereocenters. The van der Waals surface area contributed by atoms with Crippen LogP contribution in [-0.4, -0.2) is 43.9 Å². The monoisotopic (exact) mass is 293 g/mol. The van der Waals surface area contributed by atoms with Crippen molar-refractivity contribution in [1.82, 2.24) is 29.8 Å². The largest absolute Gasteiger partial charge is 0.353 e. The van der Waals surface area contributed by atoms with Crippen molar-refractivity contribution >= 4 is 34.0 Å². The zero-order valence-electron chi connectivity index (χ0n) is 10.6. The average molecular weight is 293 g/mol. The molecule has 0 radical (unpaired) electrons. The SMILES string of the molecule is Cc1cc(Sc2nnc(N(C)C)s2)n2ncnc2n1. The van der Waals surface area contributed by atoms with Crippen LogP contribution in [0, 0.1) is 6.92 Å². The Morgan fingerprint density at radius 2 is 2.16 bits per heavy atom. The van der Waals surface area contributed by atoms with Crippen molar-refractivity contribution in [3.05, 3.63) is 18.1 Å². The van der Waals surface area contributed by atoms with E-state index in [1.165, 1.54) is 29.4 Å². The quantitative estimate of drug-likeness (QED) is 0.678. The Hall–Kier alpha value is -1.74. The van der Waals surface area contributed by atoms with Gasteiger partial charge >= 0.3 is 0 Å². The number of hydrogen-bond donors (Lipinski definition) is 0. The van der Waals surface area contributed by atoms with E-state index in [1.54, 1.807) is 4.52 Å². The molecular weight excluding hydrogens is 282 g/mol. The lowest BCUT2D eigenvalue weighted by Crippen LogP contribution is -2.07. The fraction of sp³-hybridized carbons (Fsp3) is 0.300. The molecular formula is C10H11N7S2. The van der Waals surface area contributed by atoms with Crippen LogP contribution in [0.2, 0.25) is 0 Å². The predicted octanol–water partition coefficient (Wildman–Crippen LogP) is 1.50. The maximum absolute atomic E-state index is 4.31. The summed E-state index contributed by atoms with van der Waals surface area (Å²) in [5, 5.41) is 14.3. The summed E-state index contributed by atoms with van der Waals surface area (Å²) in [5.41, 5.74) is 0.903. The van der Waals surface area contributed by atoms with Crippen molar-refractivity contribution in [2.75, 3.05) is 19.0 Å². The summed E-state index contributed by atoms with van der Waals surface area (Å²) in [7, 11) is 3.89. The zero-order chi connectivity index (χ0) is 13.4. The number of anilines is 1. The van der Waals surface area contributed by atoms with Crippen LogP contribution in [0.25, 0.3) is 5.78 Å². The Morgan fingerprint density at radius 3 is 2.89 bits per heavy atom. The fourth-order valence-electron chi connectivity index (χ4n) is 1.48. The summed E-state index contributed by atoms with van der Waals surface area (Å²) in [6.45, 7) is 1.93. The van der Waals surface area contributed by atoms with E-state index < -0.39 is 0 Å². The zero-order valence-corrected chi connectivity index (χ0v) is 12.2. The van der Waals surface area contributed by atoms with Gasteiger partial charge in [-0.1, -0.05) is 11.3 Å². The van der Waals surface area contributed by atoms with Gasteiger partial charge in [-0.15, -0.1) is 10.2 Å². The molecule has 3 rings (SSSR count). The molecule has 0 amide bonds. The van der Waals surface area contributed by atoms with Crippen LogP contribution in [0.15, 0.2) is 21.8 Å². The maximum Gasteiger partial charge on any atom is 0.253 e. The van der Waals surface area contributed by atoms with Crippen LogP contribution in [0.5, 0.6) is 0 Å². The molecule has 3 aromatic rings. The van der Waals surface area contributed by atoms with E-state index >= 15 is 0 Å². The van der Waals surface area contributed by atoms with Gasteiger partial charge in [-0.05, 0) is 24.8 Å². The number of fused-ring (bicyclic) bond motifs is 1. The number of rotatable bonds is 3. The van der Waals surface area contributed by atoms with E-state index in [-0.39, 0.29) is 0 Å². The number of aromatic nitrogens is 6. The highest BCUT2D eigenvalue weighted by Crippen LogP contribution is 2.32. The van der Waals surface area contributed by atoms with Crippen LogP contribution in [0.4, 0.5) is 5.13 Å². The molecule has 3 heterocycles. The Bertz CT molecular complexity index is 718. The van der Waals surface area contributed by atoms with Crippen LogP contribution in [-0.2, 0) is 0 Å². The number of nitrogens with zero attached hydrogens (tertiary/aromatic N) is 7. The van der Waals surface area contributed by atoms with Gasteiger partial charge in [-0.3, -0.25) is 0 Å². The summed E-state index contributed by atoms with van der Waals surface area (Å²) < 4.78 is 2.57. The van der Waals surface area contributed by atoms with Gasteiger partial charge in [0.25, 0.3) is 5.78 Å². The molecule has 0 aromatic carbocycles. The Morgan fingerprint density at radius 1 is 1.32 bits per heavy atom. The first-order chi connectivity index (χ1) is 9.13. The van der Waals surface area contributed by atoms with Gasteiger partial charge < -0.3 is 4.90 Å². The normalized spacial score (nSPS) is 11.1. The first kappa shape index (κ1) is 12.3. The minimum atomic E-state index is 0.597. The second kappa shape index (κ2) is 4.74. The minimum Gasteiger partial charge on any atom is -0.353 e. The lowest BCUT2D eigenvalue weighted by molar-refractivity contribution is 0.832. The van der Waals surface area contributed by atoms with E-state index in [9.17, 15) is 0 Å². The van der Waals surface area contributed by atoms with Crippen molar-refractivity contribution < 1.29 is 0 Å². The van der Waals surface area contributed by atoms with Crippen molar-refractivity contribution in [3.63, 3.8) is 0 Å². The molecule has 0 spiro atoms. The second-order valence-corrected chi connectivity index (χ2v) is 6.28. The van der Waals surface area contributed by atoms with Crippen LogP contribution < -0.4 is 4.90 Å². The first-order valence-electron chi connectivity index (χ1n) is 5.49. The Kier molecular flexibility index (Phi) is 3.07. The molecule has 98 valence electrons. The molecule has 0 saturated carbocycles. The molecule has 0 N–H and O–H groups in total. The Balaban J connectivity index is 1.97. The molecule has 0 unspecified atom stereocenters. The van der Waals surface area contributed by atoms with Gasteiger partial charge in [0, 0.05) is 19.8 Å². The maximum atomic E-state index is 4.31. The van der Waals surface area contributed by atoms with Crippen molar-refractivity contribution in [1.29, 1.82) is 0 Å². The first-order valence-corrected chi connectivity index (χ1v) is 7.13. The van der Waals surface area contributed by atoms with Crippen molar-refractivity contribution in [2.24, 2.45) is 0 Å².